The Morgan fingerprint density at radius 2 is 1.95 bits per heavy atom. The summed E-state index contributed by atoms with van der Waals surface area (Å²) < 4.78 is 5.97. The van der Waals surface area contributed by atoms with Crippen LogP contribution in [0.4, 0.5) is 0 Å². The molecule has 0 spiro atoms. The van der Waals surface area contributed by atoms with Gasteiger partial charge in [0.1, 0.15) is 11.3 Å². The van der Waals surface area contributed by atoms with Crippen molar-refractivity contribution in [3.8, 4) is 0 Å². The summed E-state index contributed by atoms with van der Waals surface area (Å²) in [5, 5.41) is 7.27. The molecule has 114 valence electrons. The second-order valence-electron chi connectivity index (χ2n) is 5.62. The van der Waals surface area contributed by atoms with Crippen LogP contribution in [0.3, 0.4) is 0 Å². The van der Waals surface area contributed by atoms with E-state index in [0.717, 1.165) is 23.2 Å². The lowest BCUT2D eigenvalue weighted by Gasteiger charge is -2.14. The van der Waals surface area contributed by atoms with Crippen LogP contribution >= 0.6 is 0 Å². The fourth-order valence-electron chi connectivity index (χ4n) is 2.54. The Kier molecular flexibility index (Phi) is 5.02. The van der Waals surface area contributed by atoms with Crippen molar-refractivity contribution in [2.75, 3.05) is 6.54 Å². The zero-order valence-electron chi connectivity index (χ0n) is 13.2. The van der Waals surface area contributed by atoms with Crippen LogP contribution in [0.15, 0.2) is 28.7 Å². The van der Waals surface area contributed by atoms with Gasteiger partial charge in [-0.05, 0) is 33.3 Å². The molecule has 2 N–H and O–H groups in total. The molecule has 1 aromatic carbocycles. The molecule has 1 aromatic heterocycles. The van der Waals surface area contributed by atoms with Crippen LogP contribution in [0.1, 0.15) is 45.1 Å². The zero-order valence-corrected chi connectivity index (χ0v) is 13.2. The molecule has 0 saturated heterocycles. The number of hydrogen-bond acceptors (Lipinski definition) is 3. The summed E-state index contributed by atoms with van der Waals surface area (Å²) >= 11 is 0. The average molecular weight is 288 g/mol. The number of rotatable bonds is 6. The Morgan fingerprint density at radius 1 is 1.24 bits per heavy atom. The maximum Gasteiger partial charge on any atom is 0.234 e. The predicted octanol–water partition coefficient (Wildman–Crippen LogP) is 3.17. The van der Waals surface area contributed by atoms with Gasteiger partial charge in [-0.15, -0.1) is 0 Å². The van der Waals surface area contributed by atoms with Crippen LogP contribution < -0.4 is 10.6 Å². The highest BCUT2D eigenvalue weighted by Gasteiger charge is 2.18. The quantitative estimate of drug-likeness (QED) is 0.858. The van der Waals surface area contributed by atoms with E-state index in [1.165, 1.54) is 5.56 Å². The van der Waals surface area contributed by atoms with E-state index in [-0.39, 0.29) is 18.0 Å². The van der Waals surface area contributed by atoms with E-state index in [2.05, 4.69) is 23.6 Å². The van der Waals surface area contributed by atoms with Crippen LogP contribution in [0, 0.1) is 0 Å². The van der Waals surface area contributed by atoms with Gasteiger partial charge in [0.25, 0.3) is 0 Å². The fourth-order valence-corrected chi connectivity index (χ4v) is 2.54. The van der Waals surface area contributed by atoms with Gasteiger partial charge in [-0.3, -0.25) is 10.1 Å². The minimum absolute atomic E-state index is 0.00487. The highest BCUT2D eigenvalue weighted by molar-refractivity contribution is 5.82. The molecular formula is C17H24N2O2. The minimum atomic E-state index is 0.00487. The first-order valence-corrected chi connectivity index (χ1v) is 7.56. The second-order valence-corrected chi connectivity index (χ2v) is 5.62. The van der Waals surface area contributed by atoms with Gasteiger partial charge in [-0.25, -0.2) is 0 Å². The zero-order chi connectivity index (χ0) is 15.4. The molecule has 0 fully saturated rings. The summed E-state index contributed by atoms with van der Waals surface area (Å²) in [6, 6.07) is 8.23. The van der Waals surface area contributed by atoms with Crippen molar-refractivity contribution in [3.05, 3.63) is 35.6 Å². The van der Waals surface area contributed by atoms with E-state index in [1.807, 2.05) is 39.0 Å². The van der Waals surface area contributed by atoms with Crippen LogP contribution in [-0.2, 0) is 11.2 Å². The normalized spacial score (nSPS) is 12.8. The predicted molar refractivity (Wildman–Crippen MR) is 85.3 cm³/mol. The molecule has 1 heterocycles. The number of furan rings is 1. The van der Waals surface area contributed by atoms with E-state index in [0.29, 0.717) is 6.54 Å². The molecule has 0 aliphatic heterocycles. The van der Waals surface area contributed by atoms with E-state index >= 15 is 0 Å². The van der Waals surface area contributed by atoms with E-state index < -0.39 is 0 Å². The number of carbonyl (C=O) groups excluding carboxylic acids is 1. The molecule has 1 unspecified atom stereocenters. The van der Waals surface area contributed by atoms with Gasteiger partial charge >= 0.3 is 0 Å². The minimum Gasteiger partial charge on any atom is -0.459 e. The largest absolute Gasteiger partial charge is 0.459 e. The first kappa shape index (κ1) is 15.6. The molecule has 2 rings (SSSR count). The SMILES string of the molecule is CCc1c(C(C)NCC(=O)NC(C)C)oc2ccccc12. The fraction of sp³-hybridized carbons (Fsp3) is 0.471. The highest BCUT2D eigenvalue weighted by atomic mass is 16.3. The molecule has 2 aromatic rings. The molecule has 0 bridgehead atoms. The summed E-state index contributed by atoms with van der Waals surface area (Å²) in [5.74, 6) is 0.932. The third-order valence-corrected chi connectivity index (χ3v) is 3.49. The van der Waals surface area contributed by atoms with E-state index in [4.69, 9.17) is 4.42 Å². The van der Waals surface area contributed by atoms with Crippen molar-refractivity contribution in [2.45, 2.75) is 46.2 Å². The standard InChI is InChI=1S/C17H24N2O2/c1-5-13-14-8-6-7-9-15(14)21-17(13)12(4)18-10-16(20)19-11(2)3/h6-9,11-12,18H,5,10H2,1-4H3,(H,19,20). The lowest BCUT2D eigenvalue weighted by atomic mass is 10.1. The van der Waals surface area contributed by atoms with Gasteiger partial charge < -0.3 is 9.73 Å². The van der Waals surface area contributed by atoms with Gasteiger partial charge in [0, 0.05) is 17.0 Å². The highest BCUT2D eigenvalue weighted by Crippen LogP contribution is 2.30. The Morgan fingerprint density at radius 3 is 2.62 bits per heavy atom. The maximum absolute atomic E-state index is 11.7. The molecule has 1 amide bonds. The van der Waals surface area contributed by atoms with E-state index in [9.17, 15) is 4.79 Å². The second kappa shape index (κ2) is 6.76. The first-order valence-electron chi connectivity index (χ1n) is 7.56. The summed E-state index contributed by atoms with van der Waals surface area (Å²) in [7, 11) is 0. The molecule has 21 heavy (non-hydrogen) atoms. The topological polar surface area (TPSA) is 54.3 Å². The lowest BCUT2D eigenvalue weighted by molar-refractivity contribution is -0.120. The van der Waals surface area contributed by atoms with E-state index in [1.54, 1.807) is 0 Å². The van der Waals surface area contributed by atoms with Crippen molar-refractivity contribution in [3.63, 3.8) is 0 Å². The van der Waals surface area contributed by atoms with Crippen LogP contribution in [0.25, 0.3) is 11.0 Å². The van der Waals surface area contributed by atoms with Crippen molar-refractivity contribution >= 4 is 16.9 Å². The Hall–Kier alpha value is -1.81. The number of carbonyl (C=O) groups is 1. The third kappa shape index (κ3) is 3.64. The van der Waals surface area contributed by atoms with Crippen LogP contribution in [0.5, 0.6) is 0 Å². The third-order valence-electron chi connectivity index (χ3n) is 3.49. The maximum atomic E-state index is 11.7. The molecule has 0 aliphatic carbocycles. The summed E-state index contributed by atoms with van der Waals surface area (Å²) in [6.45, 7) is 8.35. The van der Waals surface area contributed by atoms with Gasteiger partial charge in [0.2, 0.25) is 5.91 Å². The Labute approximate surface area is 125 Å². The summed E-state index contributed by atoms with van der Waals surface area (Å²) in [4.78, 5) is 11.7. The number of fused-ring (bicyclic) bond motifs is 1. The average Bonchev–Trinajstić information content (AvgIpc) is 2.82. The van der Waals surface area contributed by atoms with Gasteiger partial charge in [0.05, 0.1) is 12.6 Å². The molecule has 4 nitrogen and oxygen atoms in total. The molecule has 0 radical (unpaired) electrons. The van der Waals surface area contributed by atoms with Gasteiger partial charge in [-0.2, -0.15) is 0 Å². The Balaban J connectivity index is 2.12. The van der Waals surface area contributed by atoms with Crippen molar-refractivity contribution in [1.29, 1.82) is 0 Å². The number of para-hydroxylation sites is 1. The molecular weight excluding hydrogens is 264 g/mol. The molecule has 4 heteroatoms. The summed E-state index contributed by atoms with van der Waals surface area (Å²) in [5.41, 5.74) is 2.12. The van der Waals surface area contributed by atoms with Crippen molar-refractivity contribution < 1.29 is 9.21 Å². The molecule has 0 aliphatic rings. The number of hydrogen-bond donors (Lipinski definition) is 2. The van der Waals surface area contributed by atoms with Crippen molar-refractivity contribution in [1.82, 2.24) is 10.6 Å². The van der Waals surface area contributed by atoms with Crippen LogP contribution in [0.2, 0.25) is 0 Å². The number of aryl methyl sites for hydroxylation is 1. The van der Waals surface area contributed by atoms with Gasteiger partial charge in [-0.1, -0.05) is 25.1 Å². The monoisotopic (exact) mass is 288 g/mol. The summed E-state index contributed by atoms with van der Waals surface area (Å²) in [6.07, 6.45) is 0.913. The smallest absolute Gasteiger partial charge is 0.234 e. The van der Waals surface area contributed by atoms with Crippen LogP contribution in [-0.4, -0.2) is 18.5 Å². The van der Waals surface area contributed by atoms with Crippen molar-refractivity contribution in [2.24, 2.45) is 0 Å². The number of benzene rings is 1. The Bertz CT molecular complexity index is 616. The number of amides is 1. The molecule has 1 atom stereocenters. The lowest BCUT2D eigenvalue weighted by Crippen LogP contribution is -2.38. The first-order chi connectivity index (χ1) is 10.0. The van der Waals surface area contributed by atoms with Gasteiger partial charge in [0.15, 0.2) is 0 Å². The molecule has 0 saturated carbocycles. The number of nitrogens with one attached hydrogen (secondary N) is 2.